The molecule has 0 saturated carbocycles. The summed E-state index contributed by atoms with van der Waals surface area (Å²) in [6, 6.07) is 20.8. The molecule has 41 heavy (non-hydrogen) atoms. The van der Waals surface area contributed by atoms with Crippen molar-refractivity contribution in [2.24, 2.45) is 0 Å². The minimum atomic E-state index is -3.32. The first-order chi connectivity index (χ1) is 19.2. The summed E-state index contributed by atoms with van der Waals surface area (Å²) in [7, 11) is -3.32. The molecule has 2 N–H and O–H groups in total. The zero-order valence-electron chi connectivity index (χ0n) is 23.4. The van der Waals surface area contributed by atoms with Crippen molar-refractivity contribution in [2.45, 2.75) is 45.2 Å². The SMILES string of the molecule is CCCCN(C(=O)Nc1ccccc1F)C1CCN(Cc2ccc(Oc3ccc(NS(C)(=O)=O)cc3)cc2)CC1.Cl. The van der Waals surface area contributed by atoms with Crippen LogP contribution in [0.5, 0.6) is 11.5 Å². The molecule has 3 aromatic carbocycles. The number of para-hydroxylation sites is 1. The Morgan fingerprint density at radius 3 is 2.20 bits per heavy atom. The predicted molar refractivity (Wildman–Crippen MR) is 164 cm³/mol. The monoisotopic (exact) mass is 604 g/mol. The molecule has 8 nitrogen and oxygen atoms in total. The van der Waals surface area contributed by atoms with Crippen molar-refractivity contribution in [3.8, 4) is 11.5 Å². The molecule has 222 valence electrons. The number of ether oxygens (including phenoxy) is 1. The van der Waals surface area contributed by atoms with Crippen LogP contribution in [-0.4, -0.2) is 56.2 Å². The van der Waals surface area contributed by atoms with Crippen LogP contribution in [-0.2, 0) is 16.6 Å². The average molecular weight is 605 g/mol. The topological polar surface area (TPSA) is 91.0 Å². The second-order valence-corrected chi connectivity index (χ2v) is 11.9. The zero-order valence-corrected chi connectivity index (χ0v) is 25.0. The largest absolute Gasteiger partial charge is 0.457 e. The van der Waals surface area contributed by atoms with Gasteiger partial charge in [0.05, 0.1) is 11.9 Å². The van der Waals surface area contributed by atoms with Gasteiger partial charge in [0.2, 0.25) is 10.0 Å². The fourth-order valence-corrected chi connectivity index (χ4v) is 5.34. The van der Waals surface area contributed by atoms with Crippen molar-refractivity contribution >= 4 is 39.8 Å². The van der Waals surface area contributed by atoms with E-state index in [9.17, 15) is 17.6 Å². The van der Waals surface area contributed by atoms with E-state index in [1.807, 2.05) is 29.2 Å². The first-order valence-electron chi connectivity index (χ1n) is 13.6. The Morgan fingerprint density at radius 1 is 1.00 bits per heavy atom. The lowest BCUT2D eigenvalue weighted by Gasteiger charge is -2.38. The highest BCUT2D eigenvalue weighted by molar-refractivity contribution is 7.92. The van der Waals surface area contributed by atoms with E-state index in [-0.39, 0.29) is 30.2 Å². The van der Waals surface area contributed by atoms with Crippen molar-refractivity contribution in [3.63, 3.8) is 0 Å². The van der Waals surface area contributed by atoms with Crippen molar-refractivity contribution in [3.05, 3.63) is 84.2 Å². The number of carbonyl (C=O) groups is 1. The van der Waals surface area contributed by atoms with Gasteiger partial charge in [-0.3, -0.25) is 9.62 Å². The second-order valence-electron chi connectivity index (χ2n) is 10.1. The molecule has 0 bridgehead atoms. The van der Waals surface area contributed by atoms with Gasteiger partial charge < -0.3 is 15.0 Å². The van der Waals surface area contributed by atoms with Gasteiger partial charge >= 0.3 is 6.03 Å². The van der Waals surface area contributed by atoms with Crippen LogP contribution < -0.4 is 14.8 Å². The molecule has 1 aliphatic rings. The van der Waals surface area contributed by atoms with Gasteiger partial charge in [0.1, 0.15) is 17.3 Å². The zero-order chi connectivity index (χ0) is 28.5. The summed E-state index contributed by atoms with van der Waals surface area (Å²) in [6.45, 7) is 5.29. The predicted octanol–water partition coefficient (Wildman–Crippen LogP) is 6.71. The van der Waals surface area contributed by atoms with Crippen LogP contribution in [0.25, 0.3) is 0 Å². The standard InChI is InChI=1S/C30H37FN4O4S.ClH/c1-3-4-19-35(30(36)32-29-8-6-5-7-28(29)31)25-17-20-34(21-18-25)22-23-9-13-26(14-10-23)39-27-15-11-24(12-16-27)33-40(2,37)38;/h5-16,25,33H,3-4,17-22H2,1-2H3,(H,32,36);1H. The van der Waals surface area contributed by atoms with Gasteiger partial charge in [-0.1, -0.05) is 37.6 Å². The van der Waals surface area contributed by atoms with Crippen LogP contribution in [0.15, 0.2) is 72.8 Å². The highest BCUT2D eigenvalue weighted by Gasteiger charge is 2.28. The first kappa shape index (κ1) is 32.2. The molecule has 0 atom stereocenters. The molecular weight excluding hydrogens is 567 g/mol. The molecule has 0 aromatic heterocycles. The van der Waals surface area contributed by atoms with E-state index in [0.29, 0.717) is 23.7 Å². The molecule has 0 radical (unpaired) electrons. The number of rotatable bonds is 11. The van der Waals surface area contributed by atoms with Gasteiger partial charge in [-0.25, -0.2) is 17.6 Å². The molecule has 0 unspecified atom stereocenters. The van der Waals surface area contributed by atoms with E-state index in [4.69, 9.17) is 4.74 Å². The van der Waals surface area contributed by atoms with E-state index < -0.39 is 15.8 Å². The molecule has 2 amide bonds. The van der Waals surface area contributed by atoms with E-state index in [0.717, 1.165) is 51.6 Å². The third-order valence-electron chi connectivity index (χ3n) is 6.85. The van der Waals surface area contributed by atoms with Crippen LogP contribution in [0.4, 0.5) is 20.6 Å². The maximum absolute atomic E-state index is 14.1. The number of hydrogen-bond acceptors (Lipinski definition) is 5. The number of hydrogen-bond donors (Lipinski definition) is 2. The Balaban J connectivity index is 0.00000462. The Bertz CT molecular complexity index is 1370. The molecule has 1 heterocycles. The number of halogens is 2. The number of benzene rings is 3. The van der Waals surface area contributed by atoms with Crippen LogP contribution in [0.2, 0.25) is 0 Å². The Labute approximate surface area is 248 Å². The van der Waals surface area contributed by atoms with E-state index in [1.54, 1.807) is 42.5 Å². The molecule has 3 aromatic rings. The maximum atomic E-state index is 14.1. The molecule has 1 saturated heterocycles. The van der Waals surface area contributed by atoms with E-state index >= 15 is 0 Å². The summed E-state index contributed by atoms with van der Waals surface area (Å²) in [6.07, 6.45) is 4.71. The normalized spacial score (nSPS) is 14.1. The summed E-state index contributed by atoms with van der Waals surface area (Å²) in [5, 5.41) is 2.76. The summed E-state index contributed by atoms with van der Waals surface area (Å²) in [4.78, 5) is 17.3. The Hall–Kier alpha value is -3.34. The lowest BCUT2D eigenvalue weighted by Crippen LogP contribution is -2.49. The summed E-state index contributed by atoms with van der Waals surface area (Å²) in [5.41, 5.74) is 1.85. The summed E-state index contributed by atoms with van der Waals surface area (Å²) in [5.74, 6) is 0.872. The summed E-state index contributed by atoms with van der Waals surface area (Å²) >= 11 is 0. The molecule has 0 aliphatic carbocycles. The molecule has 0 spiro atoms. The second kappa shape index (κ2) is 15.0. The number of amides is 2. The third-order valence-corrected chi connectivity index (χ3v) is 7.46. The Morgan fingerprint density at radius 2 is 1.61 bits per heavy atom. The van der Waals surface area contributed by atoms with Crippen molar-refractivity contribution in [2.75, 3.05) is 35.9 Å². The highest BCUT2D eigenvalue weighted by Crippen LogP contribution is 2.25. The van der Waals surface area contributed by atoms with Crippen molar-refractivity contribution < 1.29 is 22.3 Å². The maximum Gasteiger partial charge on any atom is 0.322 e. The number of piperidine rings is 1. The average Bonchev–Trinajstić information content (AvgIpc) is 2.92. The van der Waals surface area contributed by atoms with Crippen LogP contribution in [0, 0.1) is 5.82 Å². The molecule has 4 rings (SSSR count). The van der Waals surface area contributed by atoms with Gasteiger partial charge in [-0.15, -0.1) is 12.4 Å². The number of urea groups is 1. The number of carbonyl (C=O) groups excluding carboxylic acids is 1. The number of anilines is 2. The minimum Gasteiger partial charge on any atom is -0.457 e. The van der Waals surface area contributed by atoms with Gasteiger partial charge in [-0.05, 0) is 73.4 Å². The number of unbranched alkanes of at least 4 members (excludes halogenated alkanes) is 1. The smallest absolute Gasteiger partial charge is 0.322 e. The third kappa shape index (κ3) is 9.91. The number of sulfonamides is 1. The molecule has 1 aliphatic heterocycles. The first-order valence-corrected chi connectivity index (χ1v) is 15.5. The molecule has 1 fully saturated rings. The number of nitrogens with zero attached hydrogens (tertiary/aromatic N) is 2. The number of nitrogens with one attached hydrogen (secondary N) is 2. The van der Waals surface area contributed by atoms with Crippen LogP contribution >= 0.6 is 12.4 Å². The van der Waals surface area contributed by atoms with Gasteiger partial charge in [0.25, 0.3) is 0 Å². The minimum absolute atomic E-state index is 0. The fraction of sp³-hybridized carbons (Fsp3) is 0.367. The van der Waals surface area contributed by atoms with Crippen LogP contribution in [0.3, 0.4) is 0 Å². The molecule has 11 heteroatoms. The Kier molecular flexibility index (Phi) is 11.8. The fourth-order valence-electron chi connectivity index (χ4n) is 4.78. The summed E-state index contributed by atoms with van der Waals surface area (Å²) < 4.78 is 45.1. The molecular formula is C30H38ClFN4O4S. The van der Waals surface area contributed by atoms with E-state index in [1.165, 1.54) is 11.6 Å². The number of likely N-dealkylation sites (tertiary alicyclic amines) is 1. The van der Waals surface area contributed by atoms with Crippen molar-refractivity contribution in [1.29, 1.82) is 0 Å². The van der Waals surface area contributed by atoms with Crippen molar-refractivity contribution in [1.82, 2.24) is 9.80 Å². The lowest BCUT2D eigenvalue weighted by atomic mass is 10.0. The van der Waals surface area contributed by atoms with Crippen LogP contribution in [0.1, 0.15) is 38.2 Å². The van der Waals surface area contributed by atoms with Gasteiger partial charge in [0.15, 0.2) is 0 Å². The quantitative estimate of drug-likeness (QED) is 0.254. The van der Waals surface area contributed by atoms with E-state index in [2.05, 4.69) is 21.9 Å². The van der Waals surface area contributed by atoms with Gasteiger partial charge in [0, 0.05) is 37.9 Å². The highest BCUT2D eigenvalue weighted by atomic mass is 35.5. The van der Waals surface area contributed by atoms with Gasteiger partial charge in [-0.2, -0.15) is 0 Å². The lowest BCUT2D eigenvalue weighted by molar-refractivity contribution is 0.122.